The molecule has 0 aliphatic heterocycles. The van der Waals surface area contributed by atoms with E-state index in [-0.39, 0.29) is 39.3 Å². The molecule has 3 rings (SSSR count). The van der Waals surface area contributed by atoms with E-state index in [0.29, 0.717) is 11.3 Å². The summed E-state index contributed by atoms with van der Waals surface area (Å²) in [5.74, 6) is -0.720. The van der Waals surface area contributed by atoms with Crippen molar-refractivity contribution in [3.63, 3.8) is 0 Å². The minimum atomic E-state index is -1.46. The van der Waals surface area contributed by atoms with E-state index >= 15 is 0 Å². The normalized spacial score (nSPS) is 12.5. The predicted octanol–water partition coefficient (Wildman–Crippen LogP) is 6.81. The average molecular weight is 707 g/mol. The number of hydrogen-bond acceptors (Lipinski definition) is 9. The van der Waals surface area contributed by atoms with Gasteiger partial charge in [0, 0.05) is 20.9 Å². The van der Waals surface area contributed by atoms with Crippen LogP contribution in [0.3, 0.4) is 0 Å². The summed E-state index contributed by atoms with van der Waals surface area (Å²) in [7, 11) is -1.46. The maximum atomic E-state index is 13.2. The van der Waals surface area contributed by atoms with Crippen LogP contribution in [-0.4, -0.2) is 63.1 Å². The van der Waals surface area contributed by atoms with E-state index < -0.39 is 49.9 Å². The van der Waals surface area contributed by atoms with Crippen molar-refractivity contribution in [1.29, 1.82) is 0 Å². The number of benzene rings is 3. The van der Waals surface area contributed by atoms with E-state index in [2.05, 4.69) is 30.3 Å². The van der Waals surface area contributed by atoms with Crippen LogP contribution in [0.1, 0.15) is 43.9 Å². The van der Waals surface area contributed by atoms with Crippen molar-refractivity contribution in [2.75, 3.05) is 13.2 Å². The molecule has 0 aliphatic rings. The van der Waals surface area contributed by atoms with Gasteiger partial charge in [0.05, 0.1) is 13.2 Å². The van der Waals surface area contributed by atoms with Crippen molar-refractivity contribution in [2.45, 2.75) is 90.2 Å². The number of carbonyl (C=O) groups is 4. The summed E-state index contributed by atoms with van der Waals surface area (Å²) in [6, 6.07) is 24.2. The van der Waals surface area contributed by atoms with Crippen LogP contribution in [0, 0.1) is 0 Å². The first kappa shape index (κ1) is 39.6. The molecule has 0 fully saturated rings. The van der Waals surface area contributed by atoms with Crippen LogP contribution in [0.4, 0.5) is 9.59 Å². The number of nitrogens with one attached hydrogen (secondary N) is 2. The molecule has 0 aliphatic carbocycles. The van der Waals surface area contributed by atoms with Crippen LogP contribution in [0.25, 0.3) is 0 Å². The second kappa shape index (κ2) is 19.4. The predicted molar refractivity (Wildman–Crippen MR) is 192 cm³/mol. The van der Waals surface area contributed by atoms with Crippen LogP contribution in [0.2, 0.25) is 25.7 Å². The number of esters is 2. The zero-order valence-electron chi connectivity index (χ0n) is 29.9. The summed E-state index contributed by atoms with van der Waals surface area (Å²) < 4.78 is 27.7. The number of alkyl carbamates (subject to hydrolysis) is 2. The summed E-state index contributed by atoms with van der Waals surface area (Å²) in [6.07, 6.45) is -1.27. The van der Waals surface area contributed by atoms with Crippen molar-refractivity contribution < 1.29 is 42.9 Å². The fraction of sp³-hybridized carbons (Fsp3) is 0.421. The van der Waals surface area contributed by atoms with Gasteiger partial charge >= 0.3 is 24.1 Å². The van der Waals surface area contributed by atoms with Crippen LogP contribution < -0.4 is 15.4 Å². The van der Waals surface area contributed by atoms with E-state index in [1.807, 2.05) is 60.7 Å². The maximum absolute atomic E-state index is 13.2. The molecule has 0 spiro atoms. The van der Waals surface area contributed by atoms with Gasteiger partial charge in [-0.15, -0.1) is 0 Å². The lowest BCUT2D eigenvalue weighted by Crippen LogP contribution is -2.45. The molecule has 270 valence electrons. The Morgan fingerprint density at radius 3 is 1.82 bits per heavy atom. The molecule has 0 saturated carbocycles. The van der Waals surface area contributed by atoms with Crippen LogP contribution in [-0.2, 0) is 48.2 Å². The van der Waals surface area contributed by atoms with Crippen molar-refractivity contribution >= 4 is 32.2 Å². The van der Waals surface area contributed by atoms with E-state index in [9.17, 15) is 19.2 Å². The van der Waals surface area contributed by atoms with Gasteiger partial charge in [-0.25, -0.2) is 19.2 Å². The lowest BCUT2D eigenvalue weighted by molar-refractivity contribution is -0.148. The molecule has 2 atom stereocenters. The van der Waals surface area contributed by atoms with Gasteiger partial charge < -0.3 is 34.3 Å². The van der Waals surface area contributed by atoms with E-state index in [0.717, 1.165) is 17.2 Å². The number of carbonyl (C=O) groups excluding carboxylic acids is 4. The zero-order chi connectivity index (χ0) is 36.6. The van der Waals surface area contributed by atoms with Gasteiger partial charge in [0.15, 0.2) is 0 Å². The molecule has 11 nitrogen and oxygen atoms in total. The molecule has 0 unspecified atom stereocenters. The van der Waals surface area contributed by atoms with Gasteiger partial charge in [-0.1, -0.05) is 92.4 Å². The minimum Gasteiger partial charge on any atom is -0.493 e. The third-order valence-electron chi connectivity index (χ3n) is 7.10. The van der Waals surface area contributed by atoms with Gasteiger partial charge in [0.2, 0.25) is 0 Å². The molecular formula is C38H50N2O9Si. The summed E-state index contributed by atoms with van der Waals surface area (Å²) in [6.45, 7) is 12.2. The average Bonchev–Trinajstić information content (AvgIpc) is 3.05. The first-order chi connectivity index (χ1) is 23.7. The molecule has 0 radical (unpaired) electrons. The molecule has 0 heterocycles. The smallest absolute Gasteiger partial charge is 0.408 e. The van der Waals surface area contributed by atoms with Crippen molar-refractivity contribution in [1.82, 2.24) is 10.6 Å². The van der Waals surface area contributed by atoms with Crippen LogP contribution >= 0.6 is 0 Å². The Morgan fingerprint density at radius 2 is 1.22 bits per heavy atom. The van der Waals surface area contributed by atoms with Gasteiger partial charge in [-0.3, -0.25) is 0 Å². The number of rotatable bonds is 17. The first-order valence-electron chi connectivity index (χ1n) is 16.7. The van der Waals surface area contributed by atoms with Gasteiger partial charge in [-0.2, -0.15) is 0 Å². The van der Waals surface area contributed by atoms with Crippen molar-refractivity contribution in [3.05, 3.63) is 102 Å². The summed E-state index contributed by atoms with van der Waals surface area (Å²) in [4.78, 5) is 51.4. The van der Waals surface area contributed by atoms with Crippen LogP contribution in [0.5, 0.6) is 5.75 Å². The van der Waals surface area contributed by atoms with E-state index in [4.69, 9.17) is 23.7 Å². The van der Waals surface area contributed by atoms with Gasteiger partial charge in [0.25, 0.3) is 0 Å². The van der Waals surface area contributed by atoms with Crippen molar-refractivity contribution in [3.8, 4) is 5.75 Å². The number of hydrogen-bond donors (Lipinski definition) is 2. The Morgan fingerprint density at radius 1 is 0.660 bits per heavy atom. The van der Waals surface area contributed by atoms with Crippen molar-refractivity contribution in [2.24, 2.45) is 0 Å². The standard InChI is InChI=1S/C38H50N2O9Si/c1-38(2,3)49-37(44)39-32(34(41)47-26-28-14-9-7-10-15-28)20-21-45-31-19-13-18-30(24-31)25-33(35(42)46-22-23-50(4,5)6)40-36(43)48-27-29-16-11-8-12-17-29/h7-19,24,32-33H,20-23,25-27H2,1-6H3,(H,39,44)(H,40,43)/t32-,33-/m0/s1. The molecule has 2 amide bonds. The third kappa shape index (κ3) is 16.0. The zero-order valence-corrected chi connectivity index (χ0v) is 30.9. The molecule has 2 N–H and O–H groups in total. The van der Waals surface area contributed by atoms with Gasteiger partial charge in [-0.05, 0) is 55.6 Å². The van der Waals surface area contributed by atoms with Gasteiger partial charge in [0.1, 0.15) is 36.6 Å². The topological polar surface area (TPSA) is 138 Å². The highest BCUT2D eigenvalue weighted by atomic mass is 28.3. The molecule has 0 bridgehead atoms. The second-order valence-corrected chi connectivity index (χ2v) is 19.6. The molecule has 0 saturated heterocycles. The summed E-state index contributed by atoms with van der Waals surface area (Å²) in [5, 5.41) is 5.26. The fourth-order valence-electron chi connectivity index (χ4n) is 4.48. The molecule has 12 heteroatoms. The highest BCUT2D eigenvalue weighted by Gasteiger charge is 2.27. The Balaban J connectivity index is 1.64. The lowest BCUT2D eigenvalue weighted by Gasteiger charge is -2.23. The SMILES string of the molecule is CC(C)(C)OC(=O)N[C@@H](CCOc1cccc(C[C@H](NC(=O)OCc2ccccc2)C(=O)OCC[Si](C)(C)C)c1)C(=O)OCc1ccccc1. The van der Waals surface area contributed by atoms with E-state index in [1.54, 1.807) is 45.0 Å². The Kier molecular flexibility index (Phi) is 15.3. The first-order valence-corrected chi connectivity index (χ1v) is 20.4. The Labute approximate surface area is 296 Å². The molecule has 50 heavy (non-hydrogen) atoms. The Hall–Kier alpha value is -4.84. The second-order valence-electron chi connectivity index (χ2n) is 14.0. The number of amides is 2. The largest absolute Gasteiger partial charge is 0.493 e. The quantitative estimate of drug-likeness (QED) is 0.0881. The Bertz CT molecular complexity index is 1520. The monoisotopic (exact) mass is 706 g/mol. The van der Waals surface area contributed by atoms with Crippen LogP contribution in [0.15, 0.2) is 84.9 Å². The number of ether oxygens (including phenoxy) is 5. The molecule has 3 aromatic rings. The maximum Gasteiger partial charge on any atom is 0.408 e. The highest BCUT2D eigenvalue weighted by molar-refractivity contribution is 6.76. The lowest BCUT2D eigenvalue weighted by atomic mass is 10.1. The van der Waals surface area contributed by atoms with E-state index in [1.165, 1.54) is 0 Å². The molecular weight excluding hydrogens is 657 g/mol. The summed E-state index contributed by atoms with van der Waals surface area (Å²) >= 11 is 0. The summed E-state index contributed by atoms with van der Waals surface area (Å²) in [5.41, 5.74) is 1.56. The molecule has 3 aromatic carbocycles. The highest BCUT2D eigenvalue weighted by Crippen LogP contribution is 2.17. The molecule has 0 aromatic heterocycles. The fourth-order valence-corrected chi connectivity index (χ4v) is 5.19. The third-order valence-corrected chi connectivity index (χ3v) is 8.80. The minimum absolute atomic E-state index is 0.0463.